The lowest BCUT2D eigenvalue weighted by atomic mass is 10.0. The van der Waals surface area contributed by atoms with Crippen molar-refractivity contribution in [3.05, 3.63) is 54.6 Å². The number of halogens is 1. The predicted molar refractivity (Wildman–Crippen MR) is 94.0 cm³/mol. The minimum absolute atomic E-state index is 0. The molecule has 0 unspecified atom stereocenters. The first-order valence-corrected chi connectivity index (χ1v) is 7.60. The smallest absolute Gasteiger partial charge is 0.225 e. The Labute approximate surface area is 142 Å². The zero-order chi connectivity index (χ0) is 15.2. The molecule has 0 saturated carbocycles. The van der Waals surface area contributed by atoms with Gasteiger partial charge >= 0.3 is 0 Å². The molecule has 1 saturated heterocycles. The highest BCUT2D eigenvalue weighted by atomic mass is 35.5. The van der Waals surface area contributed by atoms with Crippen molar-refractivity contribution in [2.75, 3.05) is 26.2 Å². The largest absolute Gasteiger partial charge is 0.491 e. The molecular formula is C18H21ClN2O2. The van der Waals surface area contributed by atoms with Gasteiger partial charge in [-0.25, -0.2) is 0 Å². The van der Waals surface area contributed by atoms with E-state index in [9.17, 15) is 4.79 Å². The van der Waals surface area contributed by atoms with E-state index < -0.39 is 0 Å². The fourth-order valence-electron chi connectivity index (χ4n) is 2.40. The molecule has 1 aliphatic heterocycles. The minimum Gasteiger partial charge on any atom is -0.491 e. The summed E-state index contributed by atoms with van der Waals surface area (Å²) in [6, 6.07) is 18.1. The van der Waals surface area contributed by atoms with Gasteiger partial charge < -0.3 is 15.4 Å². The Balaban J connectivity index is 0.00000192. The highest BCUT2D eigenvalue weighted by Crippen LogP contribution is 2.29. The van der Waals surface area contributed by atoms with Gasteiger partial charge in [0.1, 0.15) is 12.4 Å². The normalized spacial score (nSPS) is 13.6. The van der Waals surface area contributed by atoms with Crippen LogP contribution in [0.3, 0.4) is 0 Å². The quantitative estimate of drug-likeness (QED) is 0.799. The molecule has 1 aliphatic rings. The van der Waals surface area contributed by atoms with Crippen LogP contribution in [0, 0.1) is 5.92 Å². The van der Waals surface area contributed by atoms with Crippen molar-refractivity contribution in [3.8, 4) is 16.9 Å². The van der Waals surface area contributed by atoms with Crippen molar-refractivity contribution in [2.24, 2.45) is 5.92 Å². The molecule has 1 fully saturated rings. The van der Waals surface area contributed by atoms with Crippen LogP contribution in [0.15, 0.2) is 54.6 Å². The van der Waals surface area contributed by atoms with E-state index in [4.69, 9.17) is 4.74 Å². The molecule has 2 N–H and O–H groups in total. The molecule has 2 aromatic carbocycles. The zero-order valence-electron chi connectivity index (χ0n) is 12.8. The van der Waals surface area contributed by atoms with Crippen LogP contribution in [0.1, 0.15) is 0 Å². The number of carbonyl (C=O) groups excluding carboxylic acids is 1. The average Bonchev–Trinajstić information content (AvgIpc) is 2.51. The van der Waals surface area contributed by atoms with E-state index >= 15 is 0 Å². The molecule has 0 spiro atoms. The fourth-order valence-corrected chi connectivity index (χ4v) is 2.40. The highest BCUT2D eigenvalue weighted by Gasteiger charge is 2.24. The average molecular weight is 333 g/mol. The summed E-state index contributed by atoms with van der Waals surface area (Å²) in [7, 11) is 0. The van der Waals surface area contributed by atoms with Gasteiger partial charge in [0.15, 0.2) is 0 Å². The standard InChI is InChI=1S/C18H20N2O2.ClH/c21-18(15-12-19-13-15)20-10-11-22-17-9-5-4-8-16(17)14-6-2-1-3-7-14;/h1-9,15,19H,10-13H2,(H,20,21);1H. The van der Waals surface area contributed by atoms with Crippen molar-refractivity contribution < 1.29 is 9.53 Å². The zero-order valence-corrected chi connectivity index (χ0v) is 13.6. The molecule has 0 radical (unpaired) electrons. The number of rotatable bonds is 6. The van der Waals surface area contributed by atoms with Gasteiger partial charge in [0.25, 0.3) is 0 Å². The first-order chi connectivity index (χ1) is 10.8. The van der Waals surface area contributed by atoms with Crippen LogP contribution >= 0.6 is 12.4 Å². The van der Waals surface area contributed by atoms with Crippen LogP contribution in [0.25, 0.3) is 11.1 Å². The van der Waals surface area contributed by atoms with Crippen molar-refractivity contribution in [3.63, 3.8) is 0 Å². The number of amides is 1. The second-order valence-electron chi connectivity index (χ2n) is 5.36. The van der Waals surface area contributed by atoms with Gasteiger partial charge in [-0.2, -0.15) is 0 Å². The number of para-hydroxylation sites is 1. The summed E-state index contributed by atoms with van der Waals surface area (Å²) >= 11 is 0. The van der Waals surface area contributed by atoms with Gasteiger partial charge in [0, 0.05) is 18.7 Å². The second-order valence-corrected chi connectivity index (χ2v) is 5.36. The highest BCUT2D eigenvalue weighted by molar-refractivity contribution is 5.85. The summed E-state index contributed by atoms with van der Waals surface area (Å²) in [4.78, 5) is 11.7. The summed E-state index contributed by atoms with van der Waals surface area (Å²) in [6.07, 6.45) is 0. The Morgan fingerprint density at radius 1 is 1.09 bits per heavy atom. The summed E-state index contributed by atoms with van der Waals surface area (Å²) < 4.78 is 5.84. The van der Waals surface area contributed by atoms with Crippen molar-refractivity contribution in [1.29, 1.82) is 0 Å². The number of benzene rings is 2. The number of carbonyl (C=O) groups is 1. The van der Waals surface area contributed by atoms with Gasteiger partial charge in [-0.3, -0.25) is 4.79 Å². The summed E-state index contributed by atoms with van der Waals surface area (Å²) in [5, 5.41) is 6.00. The van der Waals surface area contributed by atoms with Gasteiger partial charge in [-0.15, -0.1) is 12.4 Å². The van der Waals surface area contributed by atoms with Gasteiger partial charge in [0.05, 0.1) is 12.5 Å². The molecule has 23 heavy (non-hydrogen) atoms. The van der Waals surface area contributed by atoms with Gasteiger partial charge in [-0.05, 0) is 11.6 Å². The topological polar surface area (TPSA) is 50.4 Å². The lowest BCUT2D eigenvalue weighted by Crippen LogP contribution is -2.51. The molecular weight excluding hydrogens is 312 g/mol. The van der Waals surface area contributed by atoms with E-state index in [0.29, 0.717) is 13.2 Å². The van der Waals surface area contributed by atoms with Crippen LogP contribution in [-0.4, -0.2) is 32.1 Å². The Kier molecular flexibility index (Phi) is 6.44. The van der Waals surface area contributed by atoms with Crippen LogP contribution in [0.5, 0.6) is 5.75 Å². The van der Waals surface area contributed by atoms with Crippen LogP contribution in [0.4, 0.5) is 0 Å². The molecule has 1 heterocycles. The fraction of sp³-hybridized carbons (Fsp3) is 0.278. The number of nitrogens with one attached hydrogen (secondary N) is 2. The van der Waals surface area contributed by atoms with Crippen molar-refractivity contribution >= 4 is 18.3 Å². The van der Waals surface area contributed by atoms with Crippen LogP contribution in [0.2, 0.25) is 0 Å². The van der Waals surface area contributed by atoms with E-state index in [1.54, 1.807) is 0 Å². The van der Waals surface area contributed by atoms with Gasteiger partial charge in [0.2, 0.25) is 5.91 Å². The minimum atomic E-state index is 0. The predicted octanol–water partition coefficient (Wildman–Crippen LogP) is 2.49. The lowest BCUT2D eigenvalue weighted by molar-refractivity contribution is -0.126. The number of hydrogen-bond acceptors (Lipinski definition) is 3. The molecule has 4 nitrogen and oxygen atoms in total. The third kappa shape index (κ3) is 4.47. The molecule has 5 heteroatoms. The van der Waals surface area contributed by atoms with Crippen molar-refractivity contribution in [1.82, 2.24) is 10.6 Å². The van der Waals surface area contributed by atoms with Crippen LogP contribution < -0.4 is 15.4 Å². The Bertz CT molecular complexity index is 630. The molecule has 3 rings (SSSR count). The maximum Gasteiger partial charge on any atom is 0.225 e. The SMILES string of the molecule is Cl.O=C(NCCOc1ccccc1-c1ccccc1)C1CNC1. The first-order valence-electron chi connectivity index (χ1n) is 7.60. The molecule has 1 amide bonds. The Morgan fingerprint density at radius 3 is 2.48 bits per heavy atom. The molecule has 2 aromatic rings. The second kappa shape index (κ2) is 8.56. The van der Waals surface area contributed by atoms with Crippen LogP contribution in [-0.2, 0) is 4.79 Å². The Hall–Kier alpha value is -2.04. The van der Waals surface area contributed by atoms with E-state index in [1.807, 2.05) is 42.5 Å². The Morgan fingerprint density at radius 2 is 1.78 bits per heavy atom. The third-order valence-electron chi connectivity index (χ3n) is 3.78. The molecule has 122 valence electrons. The van der Waals surface area contributed by atoms with Gasteiger partial charge in [-0.1, -0.05) is 48.5 Å². The number of ether oxygens (including phenoxy) is 1. The van der Waals surface area contributed by atoms with E-state index in [-0.39, 0.29) is 24.2 Å². The van der Waals surface area contributed by atoms with Crippen molar-refractivity contribution in [2.45, 2.75) is 0 Å². The molecule has 0 aliphatic carbocycles. The summed E-state index contributed by atoms with van der Waals surface area (Å²) in [6.45, 7) is 2.56. The molecule has 0 atom stereocenters. The third-order valence-corrected chi connectivity index (χ3v) is 3.78. The number of hydrogen-bond donors (Lipinski definition) is 2. The first kappa shape index (κ1) is 17.3. The van der Waals surface area contributed by atoms with E-state index in [1.165, 1.54) is 0 Å². The maximum absolute atomic E-state index is 11.7. The van der Waals surface area contributed by atoms with E-state index in [2.05, 4.69) is 22.8 Å². The maximum atomic E-state index is 11.7. The molecule has 0 aromatic heterocycles. The molecule has 0 bridgehead atoms. The lowest BCUT2D eigenvalue weighted by Gasteiger charge is -2.25. The van der Waals surface area contributed by atoms with E-state index in [0.717, 1.165) is 30.0 Å². The monoisotopic (exact) mass is 332 g/mol. The summed E-state index contributed by atoms with van der Waals surface area (Å²) in [5.41, 5.74) is 2.19. The summed E-state index contributed by atoms with van der Waals surface area (Å²) in [5.74, 6) is 1.07.